The fourth-order valence-corrected chi connectivity index (χ4v) is 3.30. The maximum atomic E-state index is 3.46. The van der Waals surface area contributed by atoms with E-state index in [0.29, 0.717) is 17.2 Å². The van der Waals surface area contributed by atoms with Crippen molar-refractivity contribution in [2.75, 3.05) is 12.8 Å². The minimum atomic E-state index is 0.450. The van der Waals surface area contributed by atoms with E-state index < -0.39 is 0 Å². The molecule has 0 spiro atoms. The van der Waals surface area contributed by atoms with E-state index in [9.17, 15) is 0 Å². The van der Waals surface area contributed by atoms with Gasteiger partial charge in [-0.2, -0.15) is 11.8 Å². The van der Waals surface area contributed by atoms with Crippen LogP contribution in [-0.2, 0) is 0 Å². The molecule has 16 heavy (non-hydrogen) atoms. The summed E-state index contributed by atoms with van der Waals surface area (Å²) in [7, 11) is 2.06. The number of rotatable bonds is 6. The zero-order valence-corrected chi connectivity index (χ0v) is 11.6. The van der Waals surface area contributed by atoms with Crippen LogP contribution in [0, 0.1) is 5.92 Å². The molecule has 0 heterocycles. The first-order valence-electron chi connectivity index (χ1n) is 6.04. The Hall–Kier alpha value is -0.470. The van der Waals surface area contributed by atoms with Gasteiger partial charge in [-0.25, -0.2) is 0 Å². The standard InChI is InChI=1S/C14H23NS/c1-5-16-14(11(2)3)13(15-4)12-9-7-6-8-10-12/h6-11,13-15H,5H2,1-4H3. The summed E-state index contributed by atoms with van der Waals surface area (Å²) in [4.78, 5) is 0. The van der Waals surface area contributed by atoms with E-state index >= 15 is 0 Å². The Kier molecular flexibility index (Phi) is 5.93. The minimum absolute atomic E-state index is 0.450. The molecule has 2 atom stereocenters. The lowest BCUT2D eigenvalue weighted by Crippen LogP contribution is -2.31. The van der Waals surface area contributed by atoms with Crippen molar-refractivity contribution in [2.45, 2.75) is 32.1 Å². The second-order valence-corrected chi connectivity index (χ2v) is 5.80. The lowest BCUT2D eigenvalue weighted by Gasteiger charge is -2.29. The molecule has 90 valence electrons. The fraction of sp³-hybridized carbons (Fsp3) is 0.571. The molecule has 0 bridgehead atoms. The third-order valence-electron chi connectivity index (χ3n) is 2.81. The third-order valence-corrected chi connectivity index (χ3v) is 4.35. The molecule has 0 fully saturated rings. The molecule has 1 rings (SSSR count). The SMILES string of the molecule is CCSC(C(C)C)C(NC)c1ccccc1. The molecule has 1 N–H and O–H groups in total. The molecule has 0 aliphatic carbocycles. The second-order valence-electron chi connectivity index (χ2n) is 4.34. The van der Waals surface area contributed by atoms with Gasteiger partial charge in [-0.15, -0.1) is 0 Å². The van der Waals surface area contributed by atoms with E-state index in [2.05, 4.69) is 63.5 Å². The molecule has 1 aromatic carbocycles. The smallest absolute Gasteiger partial charge is 0.0440 e. The van der Waals surface area contributed by atoms with Gasteiger partial charge in [-0.1, -0.05) is 51.1 Å². The molecule has 2 unspecified atom stereocenters. The quantitative estimate of drug-likeness (QED) is 0.809. The summed E-state index contributed by atoms with van der Waals surface area (Å²) < 4.78 is 0. The number of hydrogen-bond donors (Lipinski definition) is 1. The number of benzene rings is 1. The summed E-state index contributed by atoms with van der Waals surface area (Å²) in [6.07, 6.45) is 0. The van der Waals surface area contributed by atoms with Crippen LogP contribution in [0.25, 0.3) is 0 Å². The average molecular weight is 237 g/mol. The van der Waals surface area contributed by atoms with Crippen molar-refractivity contribution in [3.8, 4) is 0 Å². The van der Waals surface area contributed by atoms with Crippen LogP contribution < -0.4 is 5.32 Å². The van der Waals surface area contributed by atoms with Crippen molar-refractivity contribution in [1.29, 1.82) is 0 Å². The van der Waals surface area contributed by atoms with Gasteiger partial charge in [0.25, 0.3) is 0 Å². The van der Waals surface area contributed by atoms with Gasteiger partial charge in [0.15, 0.2) is 0 Å². The predicted octanol–water partition coefficient (Wildman–Crippen LogP) is 3.72. The maximum absolute atomic E-state index is 3.46. The highest BCUT2D eigenvalue weighted by Crippen LogP contribution is 2.31. The van der Waals surface area contributed by atoms with E-state index in [1.54, 1.807) is 0 Å². The van der Waals surface area contributed by atoms with Gasteiger partial charge in [0.2, 0.25) is 0 Å². The number of nitrogens with one attached hydrogen (secondary N) is 1. The third kappa shape index (κ3) is 3.53. The molecular weight excluding hydrogens is 214 g/mol. The predicted molar refractivity (Wildman–Crippen MR) is 75.0 cm³/mol. The molecule has 2 heteroatoms. The van der Waals surface area contributed by atoms with Gasteiger partial charge >= 0.3 is 0 Å². The molecule has 0 radical (unpaired) electrons. The van der Waals surface area contributed by atoms with Crippen LogP contribution in [0.3, 0.4) is 0 Å². The van der Waals surface area contributed by atoms with Crippen molar-refractivity contribution in [1.82, 2.24) is 5.32 Å². The molecule has 0 aliphatic rings. The van der Waals surface area contributed by atoms with E-state index in [-0.39, 0.29) is 0 Å². The van der Waals surface area contributed by atoms with Crippen LogP contribution in [0.15, 0.2) is 30.3 Å². The van der Waals surface area contributed by atoms with E-state index in [0.717, 1.165) is 0 Å². The summed E-state index contributed by atoms with van der Waals surface area (Å²) in [5, 5.41) is 4.10. The van der Waals surface area contributed by atoms with Crippen LogP contribution in [0.2, 0.25) is 0 Å². The highest BCUT2D eigenvalue weighted by atomic mass is 32.2. The lowest BCUT2D eigenvalue weighted by molar-refractivity contribution is 0.473. The number of thioether (sulfide) groups is 1. The molecule has 0 aliphatic heterocycles. The summed E-state index contributed by atoms with van der Waals surface area (Å²) >= 11 is 2.05. The monoisotopic (exact) mass is 237 g/mol. The summed E-state index contributed by atoms with van der Waals surface area (Å²) in [6, 6.07) is 11.2. The molecule has 1 nitrogen and oxygen atoms in total. The van der Waals surface area contributed by atoms with Crippen LogP contribution >= 0.6 is 11.8 Å². The van der Waals surface area contributed by atoms with E-state index in [1.807, 2.05) is 11.8 Å². The Morgan fingerprint density at radius 2 is 1.81 bits per heavy atom. The summed E-state index contributed by atoms with van der Waals surface area (Å²) in [6.45, 7) is 6.85. The molecule has 1 aromatic rings. The maximum Gasteiger partial charge on any atom is 0.0440 e. The van der Waals surface area contributed by atoms with Crippen LogP contribution in [0.5, 0.6) is 0 Å². The first-order valence-corrected chi connectivity index (χ1v) is 7.09. The Morgan fingerprint density at radius 1 is 1.19 bits per heavy atom. The van der Waals surface area contributed by atoms with Crippen molar-refractivity contribution in [3.63, 3.8) is 0 Å². The van der Waals surface area contributed by atoms with Gasteiger partial charge in [0, 0.05) is 11.3 Å². The van der Waals surface area contributed by atoms with Crippen molar-refractivity contribution >= 4 is 11.8 Å². The van der Waals surface area contributed by atoms with E-state index in [4.69, 9.17) is 0 Å². The number of hydrogen-bond acceptors (Lipinski definition) is 2. The molecule has 0 amide bonds. The van der Waals surface area contributed by atoms with Crippen LogP contribution in [0.4, 0.5) is 0 Å². The molecule has 0 aromatic heterocycles. The largest absolute Gasteiger partial charge is 0.312 e. The average Bonchev–Trinajstić information content (AvgIpc) is 2.30. The Bertz CT molecular complexity index is 284. The Balaban J connectivity index is 2.86. The Morgan fingerprint density at radius 3 is 2.25 bits per heavy atom. The van der Waals surface area contributed by atoms with Crippen molar-refractivity contribution < 1.29 is 0 Å². The first-order chi connectivity index (χ1) is 7.70. The zero-order valence-electron chi connectivity index (χ0n) is 10.7. The highest BCUT2D eigenvalue weighted by Gasteiger charge is 2.24. The summed E-state index contributed by atoms with van der Waals surface area (Å²) in [5.74, 6) is 1.86. The van der Waals surface area contributed by atoms with Crippen LogP contribution in [0.1, 0.15) is 32.4 Å². The van der Waals surface area contributed by atoms with Gasteiger partial charge < -0.3 is 5.32 Å². The van der Waals surface area contributed by atoms with Gasteiger partial charge in [-0.05, 0) is 24.3 Å². The fourth-order valence-electron chi connectivity index (χ4n) is 2.05. The molecular formula is C14H23NS. The van der Waals surface area contributed by atoms with E-state index in [1.165, 1.54) is 11.3 Å². The lowest BCUT2D eigenvalue weighted by atomic mass is 9.96. The summed E-state index contributed by atoms with van der Waals surface area (Å²) in [5.41, 5.74) is 1.39. The van der Waals surface area contributed by atoms with Gasteiger partial charge in [-0.3, -0.25) is 0 Å². The normalized spacial score (nSPS) is 15.1. The topological polar surface area (TPSA) is 12.0 Å². The highest BCUT2D eigenvalue weighted by molar-refractivity contribution is 7.99. The zero-order chi connectivity index (χ0) is 12.0. The van der Waals surface area contributed by atoms with Crippen LogP contribution in [-0.4, -0.2) is 18.1 Å². The van der Waals surface area contributed by atoms with Gasteiger partial charge in [0.05, 0.1) is 0 Å². The van der Waals surface area contributed by atoms with Crippen molar-refractivity contribution in [3.05, 3.63) is 35.9 Å². The second kappa shape index (κ2) is 6.97. The molecule has 0 saturated carbocycles. The minimum Gasteiger partial charge on any atom is -0.312 e. The Labute approximate surface area is 104 Å². The van der Waals surface area contributed by atoms with Gasteiger partial charge in [0.1, 0.15) is 0 Å². The molecule has 0 saturated heterocycles. The van der Waals surface area contributed by atoms with Crippen molar-refractivity contribution in [2.24, 2.45) is 5.92 Å². The first kappa shape index (κ1) is 13.6.